The molecule has 0 spiro atoms. The number of nitrogens with two attached hydrogens (primary N) is 1. The number of amides is 3. The molecule has 23 heavy (non-hydrogen) atoms. The van der Waals surface area contributed by atoms with E-state index in [1.165, 1.54) is 22.3 Å². The number of urea groups is 1. The van der Waals surface area contributed by atoms with Gasteiger partial charge in [-0.25, -0.2) is 15.4 Å². The summed E-state index contributed by atoms with van der Waals surface area (Å²) in [5.41, 5.74) is 6.80. The number of hydrogen-bond donors (Lipinski definition) is 4. The van der Waals surface area contributed by atoms with E-state index in [0.29, 0.717) is 12.8 Å². The zero-order valence-corrected chi connectivity index (χ0v) is 14.2. The largest absolute Gasteiger partial charge is 0.450 e. The van der Waals surface area contributed by atoms with Crippen molar-refractivity contribution in [3.63, 3.8) is 0 Å². The maximum atomic E-state index is 11.6. The van der Waals surface area contributed by atoms with Crippen molar-refractivity contribution >= 4 is 12.1 Å². The SMILES string of the molecule is CCOC(=O)NC(CCc1c(C)cc(C)cc1C)NC(=O)NN. The van der Waals surface area contributed by atoms with Gasteiger partial charge in [0.1, 0.15) is 6.17 Å². The highest BCUT2D eigenvalue weighted by molar-refractivity contribution is 5.74. The molecular weight excluding hydrogens is 296 g/mol. The van der Waals surface area contributed by atoms with Crippen molar-refractivity contribution in [3.05, 3.63) is 34.4 Å². The summed E-state index contributed by atoms with van der Waals surface area (Å²) in [6.07, 6.45) is 0.0847. The Morgan fingerprint density at radius 3 is 2.30 bits per heavy atom. The zero-order valence-electron chi connectivity index (χ0n) is 14.2. The second kappa shape index (κ2) is 8.99. The van der Waals surface area contributed by atoms with Crippen LogP contribution in [0.3, 0.4) is 0 Å². The maximum absolute atomic E-state index is 11.6. The maximum Gasteiger partial charge on any atom is 0.408 e. The Morgan fingerprint density at radius 2 is 1.78 bits per heavy atom. The Morgan fingerprint density at radius 1 is 1.17 bits per heavy atom. The van der Waals surface area contributed by atoms with E-state index >= 15 is 0 Å². The number of hydrogen-bond acceptors (Lipinski definition) is 4. The van der Waals surface area contributed by atoms with Crippen molar-refractivity contribution in [1.82, 2.24) is 16.1 Å². The summed E-state index contributed by atoms with van der Waals surface area (Å²) in [7, 11) is 0. The van der Waals surface area contributed by atoms with Gasteiger partial charge in [0.2, 0.25) is 0 Å². The molecule has 1 rings (SSSR count). The van der Waals surface area contributed by atoms with E-state index in [4.69, 9.17) is 10.6 Å². The van der Waals surface area contributed by atoms with E-state index in [2.05, 4.69) is 43.5 Å². The first-order chi connectivity index (χ1) is 10.9. The molecule has 0 aliphatic heterocycles. The van der Waals surface area contributed by atoms with Gasteiger partial charge < -0.3 is 15.4 Å². The van der Waals surface area contributed by atoms with Gasteiger partial charge in [0.05, 0.1) is 6.61 Å². The predicted octanol–water partition coefficient (Wildman–Crippen LogP) is 1.79. The summed E-state index contributed by atoms with van der Waals surface area (Å²) in [6, 6.07) is 3.68. The average molecular weight is 322 g/mol. The summed E-state index contributed by atoms with van der Waals surface area (Å²) in [5, 5.41) is 5.20. The molecule has 5 N–H and O–H groups in total. The second-order valence-corrected chi connectivity index (χ2v) is 5.45. The van der Waals surface area contributed by atoms with Crippen LogP contribution in [0.1, 0.15) is 35.6 Å². The van der Waals surface area contributed by atoms with Gasteiger partial charge in [-0.15, -0.1) is 0 Å². The van der Waals surface area contributed by atoms with Gasteiger partial charge in [-0.05, 0) is 57.2 Å². The first kappa shape index (κ1) is 18.8. The average Bonchev–Trinajstić information content (AvgIpc) is 2.45. The minimum Gasteiger partial charge on any atom is -0.450 e. The molecule has 3 amide bonds. The van der Waals surface area contributed by atoms with E-state index in [9.17, 15) is 9.59 Å². The molecule has 0 aliphatic rings. The van der Waals surface area contributed by atoms with E-state index in [0.717, 1.165) is 0 Å². The smallest absolute Gasteiger partial charge is 0.408 e. The Hall–Kier alpha value is -2.28. The standard InChI is InChI=1S/C16H26N4O3/c1-5-23-16(22)19-14(18-15(21)20-17)7-6-13-11(3)8-10(2)9-12(13)4/h8-9,14H,5-7,17H2,1-4H3,(H,19,22)(H2,18,20,21). The number of carbonyl (C=O) groups excluding carboxylic acids is 2. The molecule has 0 saturated heterocycles. The number of alkyl carbamates (subject to hydrolysis) is 1. The first-order valence-corrected chi connectivity index (χ1v) is 7.64. The Labute approximate surface area is 136 Å². The van der Waals surface area contributed by atoms with Gasteiger partial charge in [-0.3, -0.25) is 5.43 Å². The highest BCUT2D eigenvalue weighted by Crippen LogP contribution is 2.18. The van der Waals surface area contributed by atoms with Gasteiger partial charge in [0.15, 0.2) is 0 Å². The van der Waals surface area contributed by atoms with Crippen LogP contribution in [0, 0.1) is 20.8 Å². The summed E-state index contributed by atoms with van der Waals surface area (Å²) in [6.45, 7) is 8.15. The molecule has 1 atom stereocenters. The van der Waals surface area contributed by atoms with Crippen LogP contribution in [0.5, 0.6) is 0 Å². The summed E-state index contributed by atoms with van der Waals surface area (Å²) >= 11 is 0. The quantitative estimate of drug-likeness (QED) is 0.277. The number of ether oxygens (including phenoxy) is 1. The third kappa shape index (κ3) is 6.15. The molecule has 1 aromatic carbocycles. The lowest BCUT2D eigenvalue weighted by molar-refractivity contribution is 0.145. The van der Waals surface area contributed by atoms with Gasteiger partial charge in [-0.1, -0.05) is 17.7 Å². The number of nitrogens with one attached hydrogen (secondary N) is 3. The number of hydrazine groups is 1. The fourth-order valence-corrected chi connectivity index (χ4v) is 2.59. The van der Waals surface area contributed by atoms with E-state index in [-0.39, 0.29) is 6.61 Å². The van der Waals surface area contributed by atoms with Crippen LogP contribution in [-0.4, -0.2) is 24.9 Å². The first-order valence-electron chi connectivity index (χ1n) is 7.64. The van der Waals surface area contributed by atoms with Crippen LogP contribution < -0.4 is 21.9 Å². The Bertz CT molecular complexity index is 537. The molecule has 0 bridgehead atoms. The van der Waals surface area contributed by atoms with Gasteiger partial charge in [0, 0.05) is 0 Å². The molecule has 0 heterocycles. The fourth-order valence-electron chi connectivity index (χ4n) is 2.59. The molecule has 7 heteroatoms. The lowest BCUT2D eigenvalue weighted by Gasteiger charge is -2.20. The number of aryl methyl sites for hydroxylation is 3. The summed E-state index contributed by atoms with van der Waals surface area (Å²) in [5.74, 6) is 5.08. The third-order valence-corrected chi connectivity index (χ3v) is 3.53. The van der Waals surface area contributed by atoms with E-state index in [1.54, 1.807) is 6.92 Å². The van der Waals surface area contributed by atoms with Crippen LogP contribution in [0.25, 0.3) is 0 Å². The van der Waals surface area contributed by atoms with Crippen LogP contribution in [0.2, 0.25) is 0 Å². The van der Waals surface area contributed by atoms with Crippen LogP contribution in [-0.2, 0) is 11.2 Å². The molecule has 1 unspecified atom stereocenters. The second-order valence-electron chi connectivity index (χ2n) is 5.45. The zero-order chi connectivity index (χ0) is 17.4. The molecule has 0 aromatic heterocycles. The highest BCUT2D eigenvalue weighted by atomic mass is 16.5. The molecular formula is C16H26N4O3. The lowest BCUT2D eigenvalue weighted by Crippen LogP contribution is -2.52. The lowest BCUT2D eigenvalue weighted by atomic mass is 9.96. The Kier molecular flexibility index (Phi) is 7.34. The third-order valence-electron chi connectivity index (χ3n) is 3.53. The Balaban J connectivity index is 2.76. The van der Waals surface area contributed by atoms with Crippen molar-refractivity contribution in [3.8, 4) is 0 Å². The van der Waals surface area contributed by atoms with Crippen molar-refractivity contribution in [2.75, 3.05) is 6.61 Å². The van der Waals surface area contributed by atoms with Crippen molar-refractivity contribution in [1.29, 1.82) is 0 Å². The molecule has 128 valence electrons. The van der Waals surface area contributed by atoms with Crippen LogP contribution in [0.4, 0.5) is 9.59 Å². The van der Waals surface area contributed by atoms with E-state index in [1.807, 2.05) is 5.43 Å². The monoisotopic (exact) mass is 322 g/mol. The minimum atomic E-state index is -0.577. The highest BCUT2D eigenvalue weighted by Gasteiger charge is 2.16. The van der Waals surface area contributed by atoms with Gasteiger partial charge in [0.25, 0.3) is 0 Å². The number of carbonyl (C=O) groups is 2. The molecule has 0 radical (unpaired) electrons. The topological polar surface area (TPSA) is 105 Å². The molecule has 1 aromatic rings. The summed E-state index contributed by atoms with van der Waals surface area (Å²) in [4.78, 5) is 23.0. The van der Waals surface area contributed by atoms with Gasteiger partial charge >= 0.3 is 12.1 Å². The van der Waals surface area contributed by atoms with Crippen LogP contribution in [0.15, 0.2) is 12.1 Å². The minimum absolute atomic E-state index is 0.262. The number of benzene rings is 1. The normalized spacial score (nSPS) is 11.5. The molecule has 0 fully saturated rings. The van der Waals surface area contributed by atoms with E-state index < -0.39 is 18.3 Å². The molecule has 7 nitrogen and oxygen atoms in total. The van der Waals surface area contributed by atoms with Crippen LogP contribution >= 0.6 is 0 Å². The van der Waals surface area contributed by atoms with Crippen molar-refractivity contribution in [2.24, 2.45) is 5.84 Å². The molecule has 0 aliphatic carbocycles. The van der Waals surface area contributed by atoms with Gasteiger partial charge in [-0.2, -0.15) is 0 Å². The summed E-state index contributed by atoms with van der Waals surface area (Å²) < 4.78 is 4.85. The van der Waals surface area contributed by atoms with Crippen molar-refractivity contribution in [2.45, 2.75) is 46.7 Å². The number of rotatable bonds is 6. The fraction of sp³-hybridized carbons (Fsp3) is 0.500. The van der Waals surface area contributed by atoms with Crippen molar-refractivity contribution < 1.29 is 14.3 Å². The molecule has 0 saturated carbocycles. The predicted molar refractivity (Wildman–Crippen MR) is 88.8 cm³/mol.